The zero-order chi connectivity index (χ0) is 15.9. The second kappa shape index (κ2) is 8.12. The molecule has 1 amide bonds. The zero-order valence-electron chi connectivity index (χ0n) is 11.6. The number of pyridine rings is 1. The molecule has 0 aliphatic rings. The molecular formula is C15H14ClFN2O2S. The second-order valence-electron chi connectivity index (χ2n) is 4.38. The number of hydrogen-bond donors (Lipinski definition) is 2. The molecule has 7 heteroatoms. The maximum absolute atomic E-state index is 13.7. The van der Waals surface area contributed by atoms with Crippen LogP contribution < -0.4 is 5.32 Å². The van der Waals surface area contributed by atoms with E-state index in [4.69, 9.17) is 16.7 Å². The summed E-state index contributed by atoms with van der Waals surface area (Å²) in [5.41, 5.74) is 0.745. The van der Waals surface area contributed by atoms with Crippen LogP contribution in [0.2, 0.25) is 5.02 Å². The van der Waals surface area contributed by atoms with Crippen LogP contribution in [0.1, 0.15) is 15.9 Å². The molecule has 0 atom stereocenters. The average Bonchev–Trinajstić information content (AvgIpc) is 2.48. The number of hydrogen-bond acceptors (Lipinski definition) is 4. The molecule has 0 spiro atoms. The van der Waals surface area contributed by atoms with Crippen molar-refractivity contribution >= 4 is 35.1 Å². The van der Waals surface area contributed by atoms with E-state index in [2.05, 4.69) is 10.3 Å². The van der Waals surface area contributed by atoms with Gasteiger partial charge < -0.3 is 10.4 Å². The molecule has 1 aromatic carbocycles. The van der Waals surface area contributed by atoms with E-state index in [-0.39, 0.29) is 17.2 Å². The number of aliphatic hydroxyl groups excluding tert-OH is 1. The van der Waals surface area contributed by atoms with Crippen molar-refractivity contribution in [1.82, 2.24) is 4.98 Å². The third-order valence-corrected chi connectivity index (χ3v) is 4.08. The number of halogens is 2. The molecule has 0 fully saturated rings. The molecule has 0 saturated carbocycles. The first-order valence-corrected chi connectivity index (χ1v) is 8.04. The van der Waals surface area contributed by atoms with E-state index in [1.54, 1.807) is 24.0 Å². The van der Waals surface area contributed by atoms with E-state index in [9.17, 15) is 9.18 Å². The maximum atomic E-state index is 13.7. The van der Waals surface area contributed by atoms with Gasteiger partial charge in [-0.3, -0.25) is 4.79 Å². The Morgan fingerprint density at radius 3 is 2.95 bits per heavy atom. The maximum Gasteiger partial charge on any atom is 0.261 e. The summed E-state index contributed by atoms with van der Waals surface area (Å²) in [5.74, 6) is 0.322. The second-order valence-corrected chi connectivity index (χ2v) is 5.89. The van der Waals surface area contributed by atoms with Crippen LogP contribution in [-0.2, 0) is 5.75 Å². The highest BCUT2D eigenvalue weighted by Gasteiger charge is 2.16. The number of benzene rings is 1. The summed E-state index contributed by atoms with van der Waals surface area (Å²) in [6, 6.07) is 7.59. The molecule has 0 aliphatic heterocycles. The number of carbonyl (C=O) groups is 1. The van der Waals surface area contributed by atoms with Crippen LogP contribution in [0.4, 0.5) is 10.2 Å². The van der Waals surface area contributed by atoms with Crippen LogP contribution >= 0.6 is 23.4 Å². The van der Waals surface area contributed by atoms with Crippen molar-refractivity contribution in [2.75, 3.05) is 17.7 Å². The van der Waals surface area contributed by atoms with Crippen molar-refractivity contribution in [3.63, 3.8) is 0 Å². The first-order chi connectivity index (χ1) is 10.6. The van der Waals surface area contributed by atoms with Crippen molar-refractivity contribution in [2.45, 2.75) is 5.75 Å². The minimum absolute atomic E-state index is 0.0483. The summed E-state index contributed by atoms with van der Waals surface area (Å²) < 4.78 is 13.7. The van der Waals surface area contributed by atoms with Gasteiger partial charge >= 0.3 is 0 Å². The number of aliphatic hydroxyl groups is 1. The van der Waals surface area contributed by atoms with Crippen LogP contribution in [0, 0.1) is 5.82 Å². The van der Waals surface area contributed by atoms with E-state index < -0.39 is 11.7 Å². The standard InChI is InChI=1S/C15H14ClFN2O2S/c16-11-2-1-3-12(17)14(11)15(21)19-13-8-10(4-5-18-13)9-22-7-6-20/h1-5,8,20H,6-7,9H2,(H,18,19,21). The van der Waals surface area contributed by atoms with E-state index in [1.807, 2.05) is 6.07 Å². The van der Waals surface area contributed by atoms with Gasteiger partial charge in [-0.1, -0.05) is 17.7 Å². The van der Waals surface area contributed by atoms with Gasteiger partial charge in [0, 0.05) is 17.7 Å². The molecule has 22 heavy (non-hydrogen) atoms. The monoisotopic (exact) mass is 340 g/mol. The number of nitrogens with zero attached hydrogens (tertiary/aromatic N) is 1. The lowest BCUT2D eigenvalue weighted by atomic mass is 10.2. The molecule has 0 bridgehead atoms. The average molecular weight is 341 g/mol. The largest absolute Gasteiger partial charge is 0.396 e. The molecule has 2 aromatic rings. The Kier molecular flexibility index (Phi) is 6.18. The molecular weight excluding hydrogens is 327 g/mol. The zero-order valence-corrected chi connectivity index (χ0v) is 13.1. The van der Waals surface area contributed by atoms with Gasteiger partial charge in [0.25, 0.3) is 5.91 Å². The summed E-state index contributed by atoms with van der Waals surface area (Å²) >= 11 is 7.42. The fourth-order valence-corrected chi connectivity index (χ4v) is 2.72. The van der Waals surface area contributed by atoms with Gasteiger partial charge in [-0.15, -0.1) is 0 Å². The molecule has 0 saturated heterocycles. The fourth-order valence-electron chi connectivity index (χ4n) is 1.78. The van der Waals surface area contributed by atoms with Crippen molar-refractivity contribution < 1.29 is 14.3 Å². The molecule has 1 heterocycles. The normalized spacial score (nSPS) is 10.5. The fraction of sp³-hybridized carbons (Fsp3) is 0.200. The summed E-state index contributed by atoms with van der Waals surface area (Å²) in [5, 5.41) is 11.3. The Labute approximate surface area is 136 Å². The number of aromatic nitrogens is 1. The van der Waals surface area contributed by atoms with Gasteiger partial charge in [0.1, 0.15) is 11.6 Å². The van der Waals surface area contributed by atoms with Crippen molar-refractivity contribution in [1.29, 1.82) is 0 Å². The molecule has 0 aliphatic carbocycles. The van der Waals surface area contributed by atoms with Gasteiger partial charge in [-0.05, 0) is 29.8 Å². The van der Waals surface area contributed by atoms with Crippen molar-refractivity contribution in [2.24, 2.45) is 0 Å². The lowest BCUT2D eigenvalue weighted by molar-refractivity contribution is 0.102. The Bertz CT molecular complexity index is 649. The lowest BCUT2D eigenvalue weighted by Crippen LogP contribution is -2.15. The number of anilines is 1. The lowest BCUT2D eigenvalue weighted by Gasteiger charge is -2.08. The molecule has 116 valence electrons. The molecule has 1 aromatic heterocycles. The van der Waals surface area contributed by atoms with E-state index in [0.29, 0.717) is 17.3 Å². The van der Waals surface area contributed by atoms with Gasteiger partial charge in [0.05, 0.1) is 17.2 Å². The van der Waals surface area contributed by atoms with Crippen molar-refractivity contribution in [3.05, 3.63) is 58.5 Å². The van der Waals surface area contributed by atoms with E-state index in [0.717, 1.165) is 5.56 Å². The van der Waals surface area contributed by atoms with E-state index >= 15 is 0 Å². The number of carbonyl (C=O) groups excluding carboxylic acids is 1. The SMILES string of the molecule is O=C(Nc1cc(CSCCO)ccn1)c1c(F)cccc1Cl. The Morgan fingerprint density at radius 1 is 1.41 bits per heavy atom. The highest BCUT2D eigenvalue weighted by molar-refractivity contribution is 7.98. The highest BCUT2D eigenvalue weighted by atomic mass is 35.5. The number of nitrogens with one attached hydrogen (secondary N) is 1. The van der Waals surface area contributed by atoms with E-state index in [1.165, 1.54) is 18.2 Å². The predicted molar refractivity (Wildman–Crippen MR) is 86.8 cm³/mol. The van der Waals surface area contributed by atoms with Crippen LogP contribution in [-0.4, -0.2) is 28.4 Å². The van der Waals surface area contributed by atoms with Crippen LogP contribution in [0.15, 0.2) is 36.5 Å². The van der Waals surface area contributed by atoms with Gasteiger partial charge in [0.15, 0.2) is 0 Å². The number of amides is 1. The molecule has 4 nitrogen and oxygen atoms in total. The summed E-state index contributed by atoms with van der Waals surface area (Å²) in [6.07, 6.45) is 1.56. The summed E-state index contributed by atoms with van der Waals surface area (Å²) in [6.45, 7) is 0.116. The molecule has 2 rings (SSSR count). The molecule has 0 unspecified atom stereocenters. The van der Waals surface area contributed by atoms with Crippen LogP contribution in [0.3, 0.4) is 0 Å². The first kappa shape index (κ1) is 16.7. The predicted octanol–water partition coefficient (Wildman–Crippen LogP) is 3.35. The Morgan fingerprint density at radius 2 is 2.23 bits per heavy atom. The smallest absolute Gasteiger partial charge is 0.261 e. The van der Waals surface area contributed by atoms with Gasteiger partial charge in [-0.25, -0.2) is 9.37 Å². The Balaban J connectivity index is 2.10. The number of rotatable bonds is 6. The topological polar surface area (TPSA) is 62.2 Å². The minimum Gasteiger partial charge on any atom is -0.396 e. The minimum atomic E-state index is -0.681. The highest BCUT2D eigenvalue weighted by Crippen LogP contribution is 2.21. The third kappa shape index (κ3) is 4.43. The third-order valence-electron chi connectivity index (χ3n) is 2.76. The van der Waals surface area contributed by atoms with Crippen molar-refractivity contribution in [3.8, 4) is 0 Å². The quantitative estimate of drug-likeness (QED) is 0.792. The van der Waals surface area contributed by atoms with Gasteiger partial charge in [-0.2, -0.15) is 11.8 Å². The summed E-state index contributed by atoms with van der Waals surface area (Å²) in [7, 11) is 0. The molecule has 2 N–H and O–H groups in total. The van der Waals surface area contributed by atoms with Crippen LogP contribution in [0.5, 0.6) is 0 Å². The summed E-state index contributed by atoms with van der Waals surface area (Å²) in [4.78, 5) is 16.1. The Hall–Kier alpha value is -1.63. The number of thioether (sulfide) groups is 1. The van der Waals surface area contributed by atoms with Crippen LogP contribution in [0.25, 0.3) is 0 Å². The van der Waals surface area contributed by atoms with Gasteiger partial charge in [0.2, 0.25) is 0 Å². The molecule has 0 radical (unpaired) electrons. The first-order valence-electron chi connectivity index (χ1n) is 6.50.